The summed E-state index contributed by atoms with van der Waals surface area (Å²) >= 11 is 0. The number of hydrogen-bond acceptors (Lipinski definition) is 2. The number of nitrogens with zero attached hydrogens (tertiary/aromatic N) is 1. The van der Waals surface area contributed by atoms with Crippen LogP contribution in [-0.4, -0.2) is 6.04 Å². The van der Waals surface area contributed by atoms with Crippen molar-refractivity contribution in [2.45, 2.75) is 39.7 Å². The van der Waals surface area contributed by atoms with Crippen molar-refractivity contribution < 1.29 is 0 Å². The molecule has 0 rings (SSSR count). The highest BCUT2D eigenvalue weighted by Gasteiger charge is 2.29. The SMILES string of the molecule is CCC(C#N)(CC)[C@@H](C)N. The molecule has 0 fully saturated rings. The molecule has 2 N–H and O–H groups in total. The van der Waals surface area contributed by atoms with Crippen LogP contribution in [0.1, 0.15) is 33.6 Å². The van der Waals surface area contributed by atoms with Gasteiger partial charge in [0.15, 0.2) is 0 Å². The Labute approximate surface area is 63.0 Å². The van der Waals surface area contributed by atoms with Crippen molar-refractivity contribution in [3.63, 3.8) is 0 Å². The summed E-state index contributed by atoms with van der Waals surface area (Å²) in [6.07, 6.45) is 1.69. The Morgan fingerprint density at radius 1 is 1.50 bits per heavy atom. The van der Waals surface area contributed by atoms with Gasteiger partial charge in [-0.15, -0.1) is 0 Å². The summed E-state index contributed by atoms with van der Waals surface area (Å²) in [6, 6.07) is 2.27. The standard InChI is InChI=1S/C8H16N2/c1-4-8(5-2,6-9)7(3)10/h7H,4-5,10H2,1-3H3/t7-/m1/s1. The molecule has 0 amide bonds. The maximum atomic E-state index is 8.82. The Kier molecular flexibility index (Phi) is 3.38. The molecule has 0 aliphatic rings. The van der Waals surface area contributed by atoms with Crippen LogP contribution in [0.3, 0.4) is 0 Å². The van der Waals surface area contributed by atoms with E-state index in [2.05, 4.69) is 6.07 Å². The van der Waals surface area contributed by atoms with E-state index in [0.717, 1.165) is 12.8 Å². The fourth-order valence-corrected chi connectivity index (χ4v) is 1.15. The lowest BCUT2D eigenvalue weighted by molar-refractivity contribution is 0.305. The second-order valence-electron chi connectivity index (χ2n) is 2.76. The zero-order valence-corrected chi connectivity index (χ0v) is 7.02. The van der Waals surface area contributed by atoms with Gasteiger partial charge in [-0.25, -0.2) is 0 Å². The van der Waals surface area contributed by atoms with E-state index in [9.17, 15) is 0 Å². The molecular weight excluding hydrogens is 124 g/mol. The smallest absolute Gasteiger partial charge is 0.0716 e. The van der Waals surface area contributed by atoms with Gasteiger partial charge < -0.3 is 5.73 Å². The maximum absolute atomic E-state index is 8.82. The first-order valence-corrected chi connectivity index (χ1v) is 3.79. The molecule has 0 unspecified atom stereocenters. The first-order chi connectivity index (χ1) is 4.63. The van der Waals surface area contributed by atoms with Crippen LogP contribution in [0, 0.1) is 16.7 Å². The van der Waals surface area contributed by atoms with Gasteiger partial charge in [0, 0.05) is 6.04 Å². The molecular formula is C8H16N2. The van der Waals surface area contributed by atoms with Crippen LogP contribution in [0.25, 0.3) is 0 Å². The van der Waals surface area contributed by atoms with Gasteiger partial charge in [-0.3, -0.25) is 0 Å². The highest BCUT2D eigenvalue weighted by molar-refractivity contribution is 5.02. The lowest BCUT2D eigenvalue weighted by Gasteiger charge is -2.27. The van der Waals surface area contributed by atoms with Crippen molar-refractivity contribution >= 4 is 0 Å². The van der Waals surface area contributed by atoms with Crippen molar-refractivity contribution in [2.75, 3.05) is 0 Å². The van der Waals surface area contributed by atoms with Gasteiger partial charge in [-0.05, 0) is 19.8 Å². The summed E-state index contributed by atoms with van der Waals surface area (Å²) in [5.74, 6) is 0. The fraction of sp³-hybridized carbons (Fsp3) is 0.875. The molecule has 0 aromatic rings. The van der Waals surface area contributed by atoms with Crippen LogP contribution in [0.5, 0.6) is 0 Å². The average molecular weight is 140 g/mol. The van der Waals surface area contributed by atoms with Crippen molar-refractivity contribution in [1.29, 1.82) is 5.26 Å². The highest BCUT2D eigenvalue weighted by Crippen LogP contribution is 2.27. The summed E-state index contributed by atoms with van der Waals surface area (Å²) in [6.45, 7) is 5.92. The summed E-state index contributed by atoms with van der Waals surface area (Å²) in [5.41, 5.74) is 5.39. The third-order valence-electron chi connectivity index (χ3n) is 2.36. The van der Waals surface area contributed by atoms with E-state index in [1.54, 1.807) is 0 Å². The number of hydrogen-bond donors (Lipinski definition) is 1. The predicted molar refractivity (Wildman–Crippen MR) is 42.3 cm³/mol. The molecule has 0 heterocycles. The molecule has 2 nitrogen and oxygen atoms in total. The first kappa shape index (κ1) is 9.45. The Morgan fingerprint density at radius 2 is 1.90 bits per heavy atom. The van der Waals surface area contributed by atoms with E-state index in [1.165, 1.54) is 0 Å². The minimum Gasteiger partial charge on any atom is -0.327 e. The zero-order valence-electron chi connectivity index (χ0n) is 7.02. The average Bonchev–Trinajstić information content (AvgIpc) is 1.92. The highest BCUT2D eigenvalue weighted by atomic mass is 14.7. The quantitative estimate of drug-likeness (QED) is 0.648. The van der Waals surface area contributed by atoms with E-state index in [1.807, 2.05) is 20.8 Å². The monoisotopic (exact) mass is 140 g/mol. The predicted octanol–water partition coefficient (Wildman–Crippen LogP) is 1.66. The lowest BCUT2D eigenvalue weighted by Crippen LogP contribution is -2.37. The molecule has 10 heavy (non-hydrogen) atoms. The molecule has 0 saturated carbocycles. The van der Waals surface area contributed by atoms with Crippen LogP contribution in [0.2, 0.25) is 0 Å². The van der Waals surface area contributed by atoms with Gasteiger partial charge >= 0.3 is 0 Å². The van der Waals surface area contributed by atoms with Crippen LogP contribution in [0.15, 0.2) is 0 Å². The van der Waals surface area contributed by atoms with Gasteiger partial charge in [-0.1, -0.05) is 13.8 Å². The van der Waals surface area contributed by atoms with E-state index in [4.69, 9.17) is 11.0 Å². The summed E-state index contributed by atoms with van der Waals surface area (Å²) in [4.78, 5) is 0. The normalized spacial score (nSPS) is 14.3. The molecule has 0 aromatic carbocycles. The molecule has 0 aliphatic carbocycles. The largest absolute Gasteiger partial charge is 0.327 e. The molecule has 0 aromatic heterocycles. The Morgan fingerprint density at radius 3 is 1.90 bits per heavy atom. The summed E-state index contributed by atoms with van der Waals surface area (Å²) in [5, 5.41) is 8.82. The molecule has 0 aliphatic heterocycles. The second-order valence-corrected chi connectivity index (χ2v) is 2.76. The molecule has 0 bridgehead atoms. The molecule has 0 saturated heterocycles. The minimum absolute atomic E-state index is 0.0208. The Balaban J connectivity index is 4.35. The van der Waals surface area contributed by atoms with Crippen LogP contribution >= 0.6 is 0 Å². The van der Waals surface area contributed by atoms with Crippen LogP contribution in [0.4, 0.5) is 0 Å². The van der Waals surface area contributed by atoms with Crippen LogP contribution < -0.4 is 5.73 Å². The van der Waals surface area contributed by atoms with Gasteiger partial charge in [-0.2, -0.15) is 5.26 Å². The van der Waals surface area contributed by atoms with Crippen molar-refractivity contribution in [2.24, 2.45) is 11.1 Å². The summed E-state index contributed by atoms with van der Waals surface area (Å²) < 4.78 is 0. The van der Waals surface area contributed by atoms with E-state index < -0.39 is 0 Å². The van der Waals surface area contributed by atoms with E-state index in [0.29, 0.717) is 0 Å². The third-order valence-corrected chi connectivity index (χ3v) is 2.36. The third kappa shape index (κ3) is 1.48. The van der Waals surface area contributed by atoms with E-state index in [-0.39, 0.29) is 11.5 Å². The molecule has 2 heteroatoms. The van der Waals surface area contributed by atoms with Gasteiger partial charge in [0.2, 0.25) is 0 Å². The molecule has 0 radical (unpaired) electrons. The van der Waals surface area contributed by atoms with Gasteiger partial charge in [0.05, 0.1) is 11.5 Å². The topological polar surface area (TPSA) is 49.8 Å². The Bertz CT molecular complexity index is 129. The number of rotatable bonds is 3. The van der Waals surface area contributed by atoms with Crippen molar-refractivity contribution in [3.8, 4) is 6.07 Å². The van der Waals surface area contributed by atoms with Gasteiger partial charge in [0.1, 0.15) is 0 Å². The Hall–Kier alpha value is -0.550. The lowest BCUT2D eigenvalue weighted by atomic mass is 9.78. The van der Waals surface area contributed by atoms with Gasteiger partial charge in [0.25, 0.3) is 0 Å². The minimum atomic E-state index is -0.292. The summed E-state index contributed by atoms with van der Waals surface area (Å²) in [7, 11) is 0. The first-order valence-electron chi connectivity index (χ1n) is 3.79. The van der Waals surface area contributed by atoms with Crippen molar-refractivity contribution in [1.82, 2.24) is 0 Å². The number of nitrogens with two attached hydrogens (primary N) is 1. The van der Waals surface area contributed by atoms with E-state index >= 15 is 0 Å². The van der Waals surface area contributed by atoms with Crippen LogP contribution in [-0.2, 0) is 0 Å². The zero-order chi connectivity index (χ0) is 8.20. The van der Waals surface area contributed by atoms with Crippen molar-refractivity contribution in [3.05, 3.63) is 0 Å². The number of nitriles is 1. The molecule has 0 spiro atoms. The molecule has 1 atom stereocenters. The second kappa shape index (κ2) is 3.58. The maximum Gasteiger partial charge on any atom is 0.0716 e. The fourth-order valence-electron chi connectivity index (χ4n) is 1.15. The molecule has 58 valence electrons.